The quantitative estimate of drug-likeness (QED) is 0.879. The predicted molar refractivity (Wildman–Crippen MR) is 95.5 cm³/mol. The molecule has 3 heterocycles. The fraction of sp³-hybridized carbons (Fsp3) is 0.474. The third-order valence-electron chi connectivity index (χ3n) is 5.97. The first-order valence-corrected chi connectivity index (χ1v) is 9.13. The van der Waals surface area contributed by atoms with Crippen LogP contribution in [0.4, 0.5) is 10.1 Å². The van der Waals surface area contributed by atoms with E-state index in [0.29, 0.717) is 23.2 Å². The van der Waals surface area contributed by atoms with Crippen molar-refractivity contribution in [3.8, 4) is 0 Å². The van der Waals surface area contributed by atoms with Gasteiger partial charge >= 0.3 is 5.97 Å². The smallest absolute Gasteiger partial charge is 0.341 e. The van der Waals surface area contributed by atoms with Crippen molar-refractivity contribution in [1.29, 1.82) is 0 Å². The maximum Gasteiger partial charge on any atom is 0.341 e. The molecule has 3 fully saturated rings. The molecule has 2 N–H and O–H groups in total. The SMILES string of the molecule is O=C(O)c1cn(C2CC2)c2cc(N3CC4CCNC4C3)c(F)cc2c1=O. The number of nitrogens with one attached hydrogen (secondary N) is 1. The molecule has 1 aromatic heterocycles. The van der Waals surface area contributed by atoms with Crippen molar-refractivity contribution in [3.05, 3.63) is 39.9 Å². The molecule has 1 aliphatic carbocycles. The van der Waals surface area contributed by atoms with Gasteiger partial charge in [-0.15, -0.1) is 0 Å². The van der Waals surface area contributed by atoms with Crippen molar-refractivity contribution in [2.45, 2.75) is 31.3 Å². The average Bonchev–Trinajstić information content (AvgIpc) is 3.21. The van der Waals surface area contributed by atoms with E-state index in [1.165, 1.54) is 12.3 Å². The number of hydrogen-bond acceptors (Lipinski definition) is 4. The summed E-state index contributed by atoms with van der Waals surface area (Å²) in [6.45, 7) is 2.58. The number of rotatable bonds is 3. The molecule has 0 radical (unpaired) electrons. The van der Waals surface area contributed by atoms with Gasteiger partial charge in [-0.3, -0.25) is 4.79 Å². The predicted octanol–water partition coefficient (Wildman–Crippen LogP) is 1.97. The number of carboxylic acid groups (broad SMARTS) is 1. The molecular weight excluding hydrogens is 337 g/mol. The van der Waals surface area contributed by atoms with Crippen LogP contribution in [0.25, 0.3) is 10.9 Å². The highest BCUT2D eigenvalue weighted by atomic mass is 19.1. The Morgan fingerprint density at radius 2 is 2.04 bits per heavy atom. The second kappa shape index (κ2) is 5.54. The molecule has 3 aliphatic rings. The van der Waals surface area contributed by atoms with Crippen LogP contribution in [-0.2, 0) is 0 Å². The Kier molecular flexibility index (Phi) is 3.37. The fourth-order valence-electron chi connectivity index (χ4n) is 4.45. The molecule has 0 bridgehead atoms. The Morgan fingerprint density at radius 1 is 1.23 bits per heavy atom. The van der Waals surface area contributed by atoms with Gasteiger partial charge in [0.2, 0.25) is 5.43 Å². The first-order valence-electron chi connectivity index (χ1n) is 9.13. The Bertz CT molecular complexity index is 970. The molecule has 1 aromatic carbocycles. The number of carboxylic acids is 1. The molecule has 2 saturated heterocycles. The summed E-state index contributed by atoms with van der Waals surface area (Å²) in [5.41, 5.74) is 0.223. The van der Waals surface area contributed by atoms with E-state index in [-0.39, 0.29) is 17.0 Å². The van der Waals surface area contributed by atoms with E-state index in [0.717, 1.165) is 38.9 Å². The molecule has 5 rings (SSSR count). The van der Waals surface area contributed by atoms with Crippen molar-refractivity contribution in [2.75, 3.05) is 24.5 Å². The number of aromatic carboxylic acids is 1. The molecule has 26 heavy (non-hydrogen) atoms. The minimum atomic E-state index is -1.27. The zero-order valence-electron chi connectivity index (χ0n) is 14.2. The van der Waals surface area contributed by atoms with E-state index in [4.69, 9.17) is 0 Å². The van der Waals surface area contributed by atoms with Gasteiger partial charge < -0.3 is 19.9 Å². The third-order valence-corrected chi connectivity index (χ3v) is 5.97. The van der Waals surface area contributed by atoms with Gasteiger partial charge in [0.05, 0.1) is 11.2 Å². The van der Waals surface area contributed by atoms with Crippen LogP contribution in [0, 0.1) is 11.7 Å². The molecule has 136 valence electrons. The van der Waals surface area contributed by atoms with Gasteiger partial charge in [0.25, 0.3) is 0 Å². The lowest BCUT2D eigenvalue weighted by atomic mass is 10.1. The minimum Gasteiger partial charge on any atom is -0.477 e. The van der Waals surface area contributed by atoms with Crippen molar-refractivity contribution in [2.24, 2.45) is 5.92 Å². The molecule has 7 heteroatoms. The molecular formula is C19H20FN3O3. The number of hydrogen-bond donors (Lipinski definition) is 2. The van der Waals surface area contributed by atoms with Gasteiger partial charge in [0.15, 0.2) is 0 Å². The van der Waals surface area contributed by atoms with Gasteiger partial charge in [0.1, 0.15) is 11.4 Å². The summed E-state index contributed by atoms with van der Waals surface area (Å²) >= 11 is 0. The van der Waals surface area contributed by atoms with E-state index >= 15 is 0 Å². The van der Waals surface area contributed by atoms with Crippen molar-refractivity contribution in [1.82, 2.24) is 9.88 Å². The molecule has 2 unspecified atom stereocenters. The minimum absolute atomic E-state index is 0.149. The summed E-state index contributed by atoms with van der Waals surface area (Å²) in [5.74, 6) is -1.20. The van der Waals surface area contributed by atoms with Gasteiger partial charge in [-0.2, -0.15) is 0 Å². The number of aromatic nitrogens is 1. The Labute approximate surface area is 149 Å². The number of benzene rings is 1. The zero-order chi connectivity index (χ0) is 18.0. The van der Waals surface area contributed by atoms with Crippen molar-refractivity contribution in [3.63, 3.8) is 0 Å². The van der Waals surface area contributed by atoms with Crippen LogP contribution in [0.1, 0.15) is 35.7 Å². The lowest BCUT2D eigenvalue weighted by molar-refractivity contribution is 0.0695. The normalized spacial score (nSPS) is 25.0. The number of nitrogens with zero attached hydrogens (tertiary/aromatic N) is 2. The van der Waals surface area contributed by atoms with Gasteiger partial charge in [-0.05, 0) is 43.9 Å². The number of carbonyl (C=O) groups is 1. The number of pyridine rings is 1. The van der Waals surface area contributed by atoms with E-state index in [1.54, 1.807) is 6.07 Å². The van der Waals surface area contributed by atoms with E-state index in [2.05, 4.69) is 5.32 Å². The van der Waals surface area contributed by atoms with E-state index in [9.17, 15) is 19.1 Å². The fourth-order valence-corrected chi connectivity index (χ4v) is 4.45. The second-order valence-corrected chi connectivity index (χ2v) is 7.65. The molecule has 2 atom stereocenters. The zero-order valence-corrected chi connectivity index (χ0v) is 14.2. The summed E-state index contributed by atoms with van der Waals surface area (Å²) in [5, 5.41) is 12.9. The van der Waals surface area contributed by atoms with Crippen LogP contribution < -0.4 is 15.6 Å². The monoisotopic (exact) mass is 357 g/mol. The third kappa shape index (κ3) is 2.34. The van der Waals surface area contributed by atoms with Gasteiger partial charge in [0, 0.05) is 36.8 Å². The summed E-state index contributed by atoms with van der Waals surface area (Å²) < 4.78 is 16.7. The molecule has 0 spiro atoms. The Balaban J connectivity index is 1.67. The van der Waals surface area contributed by atoms with Crippen molar-refractivity contribution >= 4 is 22.6 Å². The van der Waals surface area contributed by atoms with Gasteiger partial charge in [-0.25, -0.2) is 9.18 Å². The highest BCUT2D eigenvalue weighted by Crippen LogP contribution is 2.39. The van der Waals surface area contributed by atoms with Crippen LogP contribution >= 0.6 is 0 Å². The summed E-state index contributed by atoms with van der Waals surface area (Å²) in [6.07, 6.45) is 4.42. The van der Waals surface area contributed by atoms with Gasteiger partial charge in [-0.1, -0.05) is 0 Å². The molecule has 2 aliphatic heterocycles. The second-order valence-electron chi connectivity index (χ2n) is 7.65. The maximum atomic E-state index is 14.9. The average molecular weight is 357 g/mol. The summed E-state index contributed by atoms with van der Waals surface area (Å²) in [4.78, 5) is 26.0. The van der Waals surface area contributed by atoms with E-state index in [1.807, 2.05) is 9.47 Å². The first-order chi connectivity index (χ1) is 12.5. The number of fused-ring (bicyclic) bond motifs is 2. The summed E-state index contributed by atoms with van der Waals surface area (Å²) in [7, 11) is 0. The lowest BCUT2D eigenvalue weighted by Crippen LogP contribution is -2.30. The first kappa shape index (κ1) is 15.8. The molecule has 2 aromatic rings. The van der Waals surface area contributed by atoms with Crippen LogP contribution in [0.3, 0.4) is 0 Å². The highest BCUT2D eigenvalue weighted by molar-refractivity contribution is 5.93. The van der Waals surface area contributed by atoms with E-state index < -0.39 is 17.2 Å². The highest BCUT2D eigenvalue weighted by Gasteiger charge is 2.37. The largest absolute Gasteiger partial charge is 0.477 e. The van der Waals surface area contributed by atoms with Crippen LogP contribution in [0.2, 0.25) is 0 Å². The van der Waals surface area contributed by atoms with Crippen LogP contribution in [0.5, 0.6) is 0 Å². The molecule has 1 saturated carbocycles. The Morgan fingerprint density at radius 3 is 2.73 bits per heavy atom. The topological polar surface area (TPSA) is 74.6 Å². The van der Waals surface area contributed by atoms with Crippen molar-refractivity contribution < 1.29 is 14.3 Å². The molecule has 6 nitrogen and oxygen atoms in total. The van der Waals surface area contributed by atoms with Crippen LogP contribution in [0.15, 0.2) is 23.1 Å². The lowest BCUT2D eigenvalue weighted by Gasteiger charge is -2.22. The number of halogens is 1. The standard InChI is InChI=1S/C19H20FN3O3/c20-14-5-12-16(6-17(14)22-7-10-3-4-21-15(10)9-22)23(11-1-2-11)8-13(18(12)24)19(25)26/h5-6,8,10-11,15,21H,1-4,7,9H2,(H,25,26). The summed E-state index contributed by atoms with van der Waals surface area (Å²) in [6, 6.07) is 3.54. The maximum absolute atomic E-state index is 14.9. The molecule has 0 amide bonds. The van der Waals surface area contributed by atoms with Crippen LogP contribution in [-0.4, -0.2) is 41.3 Å². The number of anilines is 1. The Hall–Kier alpha value is -2.41.